The lowest BCUT2D eigenvalue weighted by molar-refractivity contribution is -0.0522. The number of rotatable bonds is 8. The molecule has 1 fully saturated rings. The summed E-state index contributed by atoms with van der Waals surface area (Å²) in [4.78, 5) is 0. The lowest BCUT2D eigenvalue weighted by Gasteiger charge is -2.26. The standard InChI is InChI=1S/C15H20F3NO3/c16-12-7-11(1-2-13(12)22-14(17)18)8-19-9-15(3-5-20)4-6-21-10-15/h1-2,7,14,19-20H,3-6,8-10H2. The van der Waals surface area contributed by atoms with Crippen molar-refractivity contribution in [2.75, 3.05) is 26.4 Å². The van der Waals surface area contributed by atoms with Gasteiger partial charge in [-0.15, -0.1) is 0 Å². The second kappa shape index (κ2) is 7.80. The van der Waals surface area contributed by atoms with Crippen LogP contribution in [0, 0.1) is 11.2 Å². The number of benzene rings is 1. The van der Waals surface area contributed by atoms with Gasteiger partial charge in [-0.05, 0) is 30.5 Å². The molecule has 4 nitrogen and oxygen atoms in total. The van der Waals surface area contributed by atoms with Crippen LogP contribution in [-0.4, -0.2) is 38.1 Å². The van der Waals surface area contributed by atoms with Crippen molar-refractivity contribution in [3.05, 3.63) is 29.6 Å². The minimum Gasteiger partial charge on any atom is -0.432 e. The fourth-order valence-electron chi connectivity index (χ4n) is 2.63. The van der Waals surface area contributed by atoms with E-state index in [1.54, 1.807) is 0 Å². The SMILES string of the molecule is OCCC1(CNCc2ccc(OC(F)F)c(F)c2)CCOC1. The molecular weight excluding hydrogens is 299 g/mol. The summed E-state index contributed by atoms with van der Waals surface area (Å²) >= 11 is 0. The van der Waals surface area contributed by atoms with Gasteiger partial charge >= 0.3 is 6.61 Å². The van der Waals surface area contributed by atoms with Gasteiger partial charge < -0.3 is 19.9 Å². The fraction of sp³-hybridized carbons (Fsp3) is 0.600. The van der Waals surface area contributed by atoms with Crippen LogP contribution in [0.1, 0.15) is 18.4 Å². The summed E-state index contributed by atoms with van der Waals surface area (Å²) in [6.07, 6.45) is 1.52. The van der Waals surface area contributed by atoms with E-state index in [1.165, 1.54) is 18.2 Å². The molecule has 0 aromatic heterocycles. The van der Waals surface area contributed by atoms with Crippen LogP contribution in [0.5, 0.6) is 5.75 Å². The fourth-order valence-corrected chi connectivity index (χ4v) is 2.63. The first-order chi connectivity index (χ1) is 10.5. The lowest BCUT2D eigenvalue weighted by Crippen LogP contribution is -2.35. The zero-order valence-electron chi connectivity index (χ0n) is 12.2. The van der Waals surface area contributed by atoms with Crippen molar-refractivity contribution in [2.24, 2.45) is 5.41 Å². The van der Waals surface area contributed by atoms with Crippen LogP contribution in [0.3, 0.4) is 0 Å². The highest BCUT2D eigenvalue weighted by molar-refractivity contribution is 5.29. The molecule has 124 valence electrons. The zero-order valence-corrected chi connectivity index (χ0v) is 12.2. The number of nitrogens with one attached hydrogen (secondary N) is 1. The minimum atomic E-state index is -3.04. The summed E-state index contributed by atoms with van der Waals surface area (Å²) < 4.78 is 47.2. The Morgan fingerprint density at radius 2 is 2.23 bits per heavy atom. The first-order valence-electron chi connectivity index (χ1n) is 7.17. The molecule has 1 aromatic carbocycles. The highest BCUT2D eigenvalue weighted by Crippen LogP contribution is 2.31. The second-order valence-electron chi connectivity index (χ2n) is 5.52. The Bertz CT molecular complexity index is 479. The monoisotopic (exact) mass is 319 g/mol. The molecule has 2 rings (SSSR count). The third-order valence-corrected chi connectivity index (χ3v) is 3.87. The number of alkyl halides is 2. The zero-order chi connectivity index (χ0) is 16.0. The molecule has 7 heteroatoms. The van der Waals surface area contributed by atoms with E-state index >= 15 is 0 Å². The van der Waals surface area contributed by atoms with Crippen molar-refractivity contribution < 1.29 is 27.8 Å². The number of hydrogen-bond donors (Lipinski definition) is 2. The van der Waals surface area contributed by atoms with E-state index in [0.717, 1.165) is 6.42 Å². The average Bonchev–Trinajstić information content (AvgIpc) is 2.90. The molecule has 0 spiro atoms. The molecule has 1 aromatic rings. The summed E-state index contributed by atoms with van der Waals surface area (Å²) in [7, 11) is 0. The lowest BCUT2D eigenvalue weighted by atomic mass is 9.84. The van der Waals surface area contributed by atoms with Gasteiger partial charge in [0.2, 0.25) is 0 Å². The maximum Gasteiger partial charge on any atom is 0.387 e. The van der Waals surface area contributed by atoms with Crippen LogP contribution in [0.25, 0.3) is 0 Å². The Morgan fingerprint density at radius 3 is 2.82 bits per heavy atom. The molecule has 1 atom stereocenters. The number of aliphatic hydroxyl groups excluding tert-OH is 1. The van der Waals surface area contributed by atoms with Gasteiger partial charge in [0.1, 0.15) is 0 Å². The van der Waals surface area contributed by atoms with Crippen LogP contribution < -0.4 is 10.1 Å². The Morgan fingerprint density at radius 1 is 1.41 bits per heavy atom. The molecule has 1 unspecified atom stereocenters. The number of aliphatic hydroxyl groups is 1. The quantitative estimate of drug-likeness (QED) is 0.772. The van der Waals surface area contributed by atoms with Gasteiger partial charge in [-0.25, -0.2) is 4.39 Å². The molecular formula is C15H20F3NO3. The van der Waals surface area contributed by atoms with Crippen LogP contribution in [0.15, 0.2) is 18.2 Å². The molecule has 1 aliphatic heterocycles. The van der Waals surface area contributed by atoms with Crippen LogP contribution >= 0.6 is 0 Å². The summed E-state index contributed by atoms with van der Waals surface area (Å²) in [6, 6.07) is 3.91. The molecule has 22 heavy (non-hydrogen) atoms. The van der Waals surface area contributed by atoms with Crippen molar-refractivity contribution in [2.45, 2.75) is 26.0 Å². The molecule has 0 saturated carbocycles. The third kappa shape index (κ3) is 4.59. The van der Waals surface area contributed by atoms with E-state index in [-0.39, 0.29) is 12.0 Å². The van der Waals surface area contributed by atoms with Gasteiger partial charge in [0.05, 0.1) is 6.61 Å². The molecule has 0 aliphatic carbocycles. The van der Waals surface area contributed by atoms with E-state index in [2.05, 4.69) is 10.1 Å². The van der Waals surface area contributed by atoms with Crippen LogP contribution in [-0.2, 0) is 11.3 Å². The topological polar surface area (TPSA) is 50.7 Å². The van der Waals surface area contributed by atoms with Crippen LogP contribution in [0.2, 0.25) is 0 Å². The van der Waals surface area contributed by atoms with Gasteiger partial charge in [-0.3, -0.25) is 0 Å². The largest absolute Gasteiger partial charge is 0.432 e. The molecule has 1 aliphatic rings. The molecule has 0 bridgehead atoms. The average molecular weight is 319 g/mol. The van der Waals surface area contributed by atoms with Gasteiger partial charge in [-0.2, -0.15) is 8.78 Å². The van der Waals surface area contributed by atoms with Gasteiger partial charge in [-0.1, -0.05) is 6.07 Å². The molecule has 2 N–H and O–H groups in total. The van der Waals surface area contributed by atoms with E-state index in [1.807, 2.05) is 0 Å². The predicted octanol–water partition coefficient (Wildman–Crippen LogP) is 2.31. The van der Waals surface area contributed by atoms with E-state index in [4.69, 9.17) is 9.84 Å². The summed E-state index contributed by atoms with van der Waals surface area (Å²) in [5.74, 6) is -1.27. The van der Waals surface area contributed by atoms with Crippen molar-refractivity contribution in [3.63, 3.8) is 0 Å². The molecule has 1 saturated heterocycles. The molecule has 1 heterocycles. The van der Waals surface area contributed by atoms with E-state index < -0.39 is 18.2 Å². The first kappa shape index (κ1) is 17.1. The maximum absolute atomic E-state index is 13.6. The Kier molecular flexibility index (Phi) is 6.05. The van der Waals surface area contributed by atoms with Gasteiger partial charge in [0.15, 0.2) is 11.6 Å². The van der Waals surface area contributed by atoms with Crippen molar-refractivity contribution in [1.29, 1.82) is 0 Å². The molecule has 0 radical (unpaired) electrons. The smallest absolute Gasteiger partial charge is 0.387 e. The first-order valence-corrected chi connectivity index (χ1v) is 7.17. The normalized spacial score (nSPS) is 21.5. The van der Waals surface area contributed by atoms with Gasteiger partial charge in [0.25, 0.3) is 0 Å². The van der Waals surface area contributed by atoms with Gasteiger partial charge in [0, 0.05) is 31.7 Å². The van der Waals surface area contributed by atoms with E-state index in [9.17, 15) is 13.2 Å². The molecule has 0 amide bonds. The third-order valence-electron chi connectivity index (χ3n) is 3.87. The minimum absolute atomic E-state index is 0.0912. The summed E-state index contributed by atoms with van der Waals surface area (Å²) in [5, 5.41) is 12.3. The maximum atomic E-state index is 13.6. The highest BCUT2D eigenvalue weighted by Gasteiger charge is 2.33. The second-order valence-corrected chi connectivity index (χ2v) is 5.52. The Balaban J connectivity index is 1.87. The predicted molar refractivity (Wildman–Crippen MR) is 74.3 cm³/mol. The Labute approximate surface area is 127 Å². The van der Waals surface area contributed by atoms with Crippen LogP contribution in [0.4, 0.5) is 13.2 Å². The van der Waals surface area contributed by atoms with E-state index in [0.29, 0.717) is 38.3 Å². The Hall–Kier alpha value is -1.31. The summed E-state index contributed by atoms with van der Waals surface area (Å²) in [5.41, 5.74) is 0.545. The summed E-state index contributed by atoms with van der Waals surface area (Å²) in [6.45, 7) is -0.631. The highest BCUT2D eigenvalue weighted by atomic mass is 19.3. The number of halogens is 3. The van der Waals surface area contributed by atoms with Crippen molar-refractivity contribution in [1.82, 2.24) is 5.32 Å². The van der Waals surface area contributed by atoms with Crippen molar-refractivity contribution >= 4 is 0 Å². The number of ether oxygens (including phenoxy) is 2. The van der Waals surface area contributed by atoms with Crippen molar-refractivity contribution in [3.8, 4) is 5.75 Å². The number of hydrogen-bond acceptors (Lipinski definition) is 4.